The van der Waals surface area contributed by atoms with Gasteiger partial charge in [0, 0.05) is 76.0 Å². The van der Waals surface area contributed by atoms with Crippen LogP contribution < -0.4 is 83.9 Å². The largest absolute Gasteiger partial charge is 0.370 e. The van der Waals surface area contributed by atoms with Crippen LogP contribution >= 0.6 is 0 Å². The molecule has 0 saturated carbocycles. The van der Waals surface area contributed by atoms with Crippen LogP contribution in [0, 0.1) is 23.7 Å². The van der Waals surface area contributed by atoms with Crippen LogP contribution in [0.15, 0.2) is 15.0 Å². The number of hydrogen-bond acceptors (Lipinski definition) is 16. The summed E-state index contributed by atoms with van der Waals surface area (Å²) in [5.41, 5.74) is 55.1. The second-order valence-corrected chi connectivity index (χ2v) is 20.8. The Kier molecular flexibility index (Phi) is 33.7. The second-order valence-electron chi connectivity index (χ2n) is 20.8. The van der Waals surface area contributed by atoms with Crippen molar-refractivity contribution in [1.29, 1.82) is 0 Å². The minimum absolute atomic E-state index is 0.000564. The summed E-state index contributed by atoms with van der Waals surface area (Å²) in [6.45, 7) is 5.69. The van der Waals surface area contributed by atoms with Gasteiger partial charge >= 0.3 is 0 Å². The molecule has 458 valence electrons. The fraction of sp³-hybridized carbons (Fsp3) is 0.725. The van der Waals surface area contributed by atoms with E-state index in [4.69, 9.17) is 57.3 Å². The van der Waals surface area contributed by atoms with Crippen molar-refractivity contribution in [3.63, 3.8) is 0 Å². The fourth-order valence-electron chi connectivity index (χ4n) is 9.19. The average molecular weight is 1150 g/mol. The highest BCUT2D eigenvalue weighted by Gasteiger charge is 2.40. The summed E-state index contributed by atoms with van der Waals surface area (Å²) in [6, 6.07) is -6.84. The van der Waals surface area contributed by atoms with E-state index in [2.05, 4.69) is 41.6 Å². The van der Waals surface area contributed by atoms with Crippen LogP contribution in [0.2, 0.25) is 0 Å². The zero-order valence-corrected chi connectivity index (χ0v) is 47.6. The molecule has 25 N–H and O–H groups in total. The Balaban J connectivity index is 3.58. The van der Waals surface area contributed by atoms with Crippen molar-refractivity contribution in [1.82, 2.24) is 31.5 Å². The lowest BCUT2D eigenvalue weighted by Crippen LogP contribution is -2.56. The first-order valence-corrected chi connectivity index (χ1v) is 27.6. The molecule has 1 aliphatic rings. The molecule has 1 aliphatic heterocycles. The number of nitrogens with one attached hydrogen (secondary N) is 5. The van der Waals surface area contributed by atoms with Gasteiger partial charge in [-0.25, -0.2) is 0 Å². The van der Waals surface area contributed by atoms with Gasteiger partial charge in [-0.3, -0.25) is 67.7 Å². The maximum Gasteiger partial charge on any atom is 0.243 e. The predicted molar refractivity (Wildman–Crippen MR) is 304 cm³/mol. The third-order valence-electron chi connectivity index (χ3n) is 13.7. The van der Waals surface area contributed by atoms with Crippen molar-refractivity contribution in [3.05, 3.63) is 0 Å². The van der Waals surface area contributed by atoms with E-state index < -0.39 is 126 Å². The maximum atomic E-state index is 14.4. The molecule has 1 saturated heterocycles. The van der Waals surface area contributed by atoms with Gasteiger partial charge in [-0.1, -0.05) is 20.8 Å². The number of nitrogens with zero attached hydrogens (tertiary/aromatic N) is 4. The lowest BCUT2D eigenvalue weighted by molar-refractivity contribution is -0.144. The number of Topliss-reactive ketones (excluding diaryl/α,β-unsaturated/α-hetero) is 3. The third kappa shape index (κ3) is 28.5. The molecular formula is C51H93N19O11. The summed E-state index contributed by atoms with van der Waals surface area (Å²) < 4.78 is 0. The molecule has 1 heterocycles. The van der Waals surface area contributed by atoms with Gasteiger partial charge in [0.05, 0.1) is 18.1 Å². The lowest BCUT2D eigenvalue weighted by Gasteiger charge is -2.30. The quantitative estimate of drug-likeness (QED) is 0.0155. The van der Waals surface area contributed by atoms with Gasteiger partial charge in [-0.05, 0) is 103 Å². The summed E-state index contributed by atoms with van der Waals surface area (Å²) in [5.74, 6) is -11.5. The van der Waals surface area contributed by atoms with Crippen LogP contribution in [0.5, 0.6) is 0 Å². The number of nitrogens with two attached hydrogens (primary N) is 10. The van der Waals surface area contributed by atoms with E-state index in [9.17, 15) is 52.7 Å². The molecule has 30 nitrogen and oxygen atoms in total. The van der Waals surface area contributed by atoms with Gasteiger partial charge in [0.15, 0.2) is 35.2 Å². The molecule has 30 heteroatoms. The molecular weight excluding hydrogens is 1050 g/mol. The highest BCUT2D eigenvalue weighted by Crippen LogP contribution is 2.26. The summed E-state index contributed by atoms with van der Waals surface area (Å²) in [7, 11) is 1.61. The first-order chi connectivity index (χ1) is 38.1. The summed E-state index contributed by atoms with van der Waals surface area (Å²) in [5, 5.41) is 13.5. The minimum atomic E-state index is -1.51. The van der Waals surface area contributed by atoms with Crippen LogP contribution in [-0.4, -0.2) is 163 Å². The molecule has 81 heavy (non-hydrogen) atoms. The monoisotopic (exact) mass is 1150 g/mol. The van der Waals surface area contributed by atoms with E-state index in [0.717, 1.165) is 0 Å². The van der Waals surface area contributed by atoms with Crippen molar-refractivity contribution >= 4 is 82.5 Å². The van der Waals surface area contributed by atoms with Crippen LogP contribution in [-0.2, 0) is 52.7 Å². The maximum absolute atomic E-state index is 14.4. The molecule has 1 rings (SSSR count). The molecule has 0 radical (unpaired) electrons. The molecule has 0 aromatic heterocycles. The Labute approximate surface area is 473 Å². The van der Waals surface area contributed by atoms with E-state index in [1.165, 1.54) is 11.8 Å². The minimum Gasteiger partial charge on any atom is -0.370 e. The van der Waals surface area contributed by atoms with Crippen molar-refractivity contribution in [3.8, 4) is 0 Å². The van der Waals surface area contributed by atoms with Crippen LogP contribution in [0.1, 0.15) is 136 Å². The van der Waals surface area contributed by atoms with Gasteiger partial charge in [-0.15, -0.1) is 0 Å². The number of rotatable bonds is 43. The van der Waals surface area contributed by atoms with Gasteiger partial charge in [0.1, 0.15) is 18.1 Å². The molecule has 0 aliphatic carbocycles. The Morgan fingerprint density at radius 1 is 0.519 bits per heavy atom. The molecule has 0 aromatic rings. The Hall–Kier alpha value is -7.50. The first kappa shape index (κ1) is 71.5. The van der Waals surface area contributed by atoms with Crippen LogP contribution in [0.3, 0.4) is 0 Å². The topological polar surface area (TPSA) is 548 Å². The smallest absolute Gasteiger partial charge is 0.243 e. The van der Waals surface area contributed by atoms with Gasteiger partial charge in [0.25, 0.3) is 0 Å². The molecule has 0 aromatic carbocycles. The van der Waals surface area contributed by atoms with Crippen molar-refractivity contribution in [2.45, 2.75) is 173 Å². The molecule has 0 bridgehead atoms. The molecule has 1 fully saturated rings. The number of likely N-dealkylation sites (N-methyl/N-ethyl adjacent to an activating group) is 1. The number of likely N-dealkylation sites (tertiary alicyclic amines) is 1. The van der Waals surface area contributed by atoms with Gasteiger partial charge in [-0.2, -0.15) is 0 Å². The molecule has 9 atom stereocenters. The Morgan fingerprint density at radius 3 is 1.51 bits per heavy atom. The summed E-state index contributed by atoms with van der Waals surface area (Å²) in [6.07, 6.45) is 0.303. The summed E-state index contributed by atoms with van der Waals surface area (Å²) >= 11 is 0. The number of unbranched alkanes of at least 4 members (excludes halogenated alkanes) is 1. The number of guanidine groups is 3. The molecule has 0 unspecified atom stereocenters. The zero-order valence-electron chi connectivity index (χ0n) is 47.6. The van der Waals surface area contributed by atoms with E-state index in [1.807, 2.05) is 0 Å². The van der Waals surface area contributed by atoms with Crippen molar-refractivity contribution in [2.24, 2.45) is 96.0 Å². The number of amides is 8. The number of primary amides is 3. The van der Waals surface area contributed by atoms with Crippen LogP contribution in [0.25, 0.3) is 0 Å². The number of hydrogen-bond donors (Lipinski definition) is 15. The molecule has 8 amide bonds. The van der Waals surface area contributed by atoms with Crippen molar-refractivity contribution < 1.29 is 52.7 Å². The van der Waals surface area contributed by atoms with E-state index >= 15 is 0 Å². The number of carbonyl (C=O) groups is 11. The Bertz CT molecular complexity index is 2220. The number of ketones is 3. The normalized spacial score (nSPS) is 15.9. The number of carbonyl (C=O) groups excluding carboxylic acids is 11. The third-order valence-corrected chi connectivity index (χ3v) is 13.7. The fourth-order valence-corrected chi connectivity index (χ4v) is 9.19. The van der Waals surface area contributed by atoms with Crippen LogP contribution in [0.4, 0.5) is 0 Å². The highest BCUT2D eigenvalue weighted by molar-refractivity contribution is 5.98. The lowest BCUT2D eigenvalue weighted by atomic mass is 9.90. The SMILES string of the molecule is CN[C@@H](CCCN=C(N)N)C(=O)C[C@@H](CCCN=C(N)N)C(=O)N1CCC[C@H]1C(=O)N[C@@H](CCC(N)=O)C(=O)N[C@@H](CCCN=C(N)N)C(=O)C[C@@H](CCC(N)=O)C(=O)N[C@@H](CCCCN)C(=O)C[C@@H](C)C(=O)N[C@H](C(N)=O)C(C)C. The standard InChI is InChI=1S/C51H93N19O11/c1-28(2)42(43(55)76)69-44(77)29(3)25-37(71)33(12-5-6-20-52)66-45(78)30(16-18-40(53)74)26-39(73)34(14-9-23-65-51(60)61)67-46(79)35(17-19-41(54)75)68-47(80)36-15-10-24-70(36)48(81)31(11-7-21-63-49(56)57)27-38(72)32(62-4)13-8-22-64-50(58)59/h28-36,42,62H,5-27,52H2,1-4H3,(H2,53,74)(H2,54,75)(H2,55,76)(H,66,78)(H,67,79)(H,68,80)(H,69,77)(H4,56,57,63)(H4,58,59,64)(H4,60,61,65)/t29-,30-,31-,32+,33+,34+,35+,36+,42+/m1/s1. The molecule has 0 spiro atoms. The van der Waals surface area contributed by atoms with E-state index in [0.29, 0.717) is 38.5 Å². The Morgan fingerprint density at radius 2 is 1.00 bits per heavy atom. The second kappa shape index (κ2) is 38.2. The van der Waals surface area contributed by atoms with Gasteiger partial charge in [0.2, 0.25) is 47.3 Å². The predicted octanol–water partition coefficient (Wildman–Crippen LogP) is -4.79. The average Bonchev–Trinajstić information content (AvgIpc) is 3.90. The van der Waals surface area contributed by atoms with E-state index in [1.54, 1.807) is 20.9 Å². The zero-order chi connectivity index (χ0) is 61.4. The van der Waals surface area contributed by atoms with Gasteiger partial charge < -0.3 is 88.8 Å². The first-order valence-electron chi connectivity index (χ1n) is 27.6. The highest BCUT2D eigenvalue weighted by atomic mass is 16.2. The van der Waals surface area contributed by atoms with Crippen molar-refractivity contribution in [2.75, 3.05) is 39.8 Å². The number of aliphatic imine (C=N–C) groups is 3. The summed E-state index contributed by atoms with van der Waals surface area (Å²) in [4.78, 5) is 162. The van der Waals surface area contributed by atoms with E-state index in [-0.39, 0.29) is 127 Å².